The number of halogens is 1. The zero-order chi connectivity index (χ0) is 17.5. The summed E-state index contributed by atoms with van der Waals surface area (Å²) in [6.07, 6.45) is -0.455. The number of aliphatic hydroxyl groups excluding tert-OH is 1. The minimum atomic E-state index is -0.772. The minimum Gasteiger partial charge on any atom is -0.497 e. The van der Waals surface area contributed by atoms with E-state index in [1.807, 2.05) is 0 Å². The van der Waals surface area contributed by atoms with Crippen molar-refractivity contribution in [1.82, 2.24) is 5.32 Å². The average molecular weight is 333 g/mol. The van der Waals surface area contributed by atoms with Crippen molar-refractivity contribution in [2.45, 2.75) is 12.5 Å². The highest BCUT2D eigenvalue weighted by Crippen LogP contribution is 2.22. The van der Waals surface area contributed by atoms with Gasteiger partial charge in [-0.15, -0.1) is 0 Å². The van der Waals surface area contributed by atoms with Crippen molar-refractivity contribution in [3.8, 4) is 11.5 Å². The number of rotatable bonds is 7. The van der Waals surface area contributed by atoms with Gasteiger partial charge >= 0.3 is 0 Å². The van der Waals surface area contributed by atoms with Crippen molar-refractivity contribution in [2.75, 3.05) is 20.8 Å². The van der Waals surface area contributed by atoms with E-state index in [4.69, 9.17) is 9.47 Å². The Bertz CT molecular complexity index is 666. The van der Waals surface area contributed by atoms with Crippen molar-refractivity contribution in [3.05, 3.63) is 59.4 Å². The number of carbonyl (C=O) groups excluding carboxylic acids is 1. The van der Waals surface area contributed by atoms with E-state index in [1.54, 1.807) is 18.2 Å². The molecular formula is C18H20FNO4. The van der Waals surface area contributed by atoms with Crippen LogP contribution in [0.5, 0.6) is 11.5 Å². The molecule has 24 heavy (non-hydrogen) atoms. The smallest absolute Gasteiger partial charge is 0.251 e. The van der Waals surface area contributed by atoms with Crippen LogP contribution in [-0.4, -0.2) is 31.8 Å². The second-order valence-corrected chi connectivity index (χ2v) is 5.21. The summed E-state index contributed by atoms with van der Waals surface area (Å²) in [5.41, 5.74) is 1.01. The predicted molar refractivity (Wildman–Crippen MR) is 87.9 cm³/mol. The molecule has 6 heteroatoms. The van der Waals surface area contributed by atoms with Crippen molar-refractivity contribution in [2.24, 2.45) is 0 Å². The molecule has 0 saturated carbocycles. The number of aliphatic hydroxyl groups is 1. The maximum absolute atomic E-state index is 12.9. The number of carbonyl (C=O) groups is 1. The lowest BCUT2D eigenvalue weighted by molar-refractivity contribution is 0.0942. The molecule has 0 saturated heterocycles. The van der Waals surface area contributed by atoms with E-state index in [0.29, 0.717) is 29.0 Å². The van der Waals surface area contributed by atoms with E-state index in [9.17, 15) is 14.3 Å². The Kier molecular flexibility index (Phi) is 6.14. The second-order valence-electron chi connectivity index (χ2n) is 5.21. The number of hydrogen-bond acceptors (Lipinski definition) is 4. The fourth-order valence-electron chi connectivity index (χ4n) is 2.21. The van der Waals surface area contributed by atoms with Crippen LogP contribution in [0.1, 0.15) is 28.4 Å². The molecule has 128 valence electrons. The van der Waals surface area contributed by atoms with Gasteiger partial charge in [0.25, 0.3) is 5.91 Å². The fraction of sp³-hybridized carbons (Fsp3) is 0.278. The Morgan fingerprint density at radius 1 is 1.12 bits per heavy atom. The molecule has 0 aliphatic rings. The van der Waals surface area contributed by atoms with Gasteiger partial charge in [0.15, 0.2) is 0 Å². The van der Waals surface area contributed by atoms with Crippen LogP contribution in [-0.2, 0) is 0 Å². The molecule has 0 aliphatic carbocycles. The molecule has 1 amide bonds. The maximum Gasteiger partial charge on any atom is 0.251 e. The molecule has 0 aromatic heterocycles. The Morgan fingerprint density at radius 3 is 2.25 bits per heavy atom. The number of methoxy groups -OCH3 is 2. The summed E-state index contributed by atoms with van der Waals surface area (Å²) in [5.74, 6) is 0.390. The first kappa shape index (κ1) is 17.7. The number of amides is 1. The van der Waals surface area contributed by atoms with Crippen LogP contribution in [0.3, 0.4) is 0 Å². The fourth-order valence-corrected chi connectivity index (χ4v) is 2.21. The standard InChI is InChI=1S/C18H20FNO4/c1-23-15-9-13(10-16(11-15)24-2)18(22)20-8-7-17(21)12-3-5-14(19)6-4-12/h3-6,9-11,17,21H,7-8H2,1-2H3,(H,20,22). The zero-order valence-electron chi connectivity index (χ0n) is 13.6. The highest BCUT2D eigenvalue weighted by molar-refractivity contribution is 5.95. The molecule has 2 N–H and O–H groups in total. The van der Waals surface area contributed by atoms with Crippen LogP contribution in [0.15, 0.2) is 42.5 Å². The maximum atomic E-state index is 12.9. The molecule has 0 fully saturated rings. The Morgan fingerprint density at radius 2 is 1.71 bits per heavy atom. The van der Waals surface area contributed by atoms with Crippen LogP contribution in [0.2, 0.25) is 0 Å². The van der Waals surface area contributed by atoms with Gasteiger partial charge in [0, 0.05) is 18.2 Å². The van der Waals surface area contributed by atoms with E-state index in [-0.39, 0.29) is 18.3 Å². The lowest BCUT2D eigenvalue weighted by atomic mass is 10.1. The highest BCUT2D eigenvalue weighted by atomic mass is 19.1. The van der Waals surface area contributed by atoms with Gasteiger partial charge in [-0.25, -0.2) is 4.39 Å². The zero-order valence-corrected chi connectivity index (χ0v) is 13.6. The van der Waals surface area contributed by atoms with E-state index < -0.39 is 6.10 Å². The van der Waals surface area contributed by atoms with Gasteiger partial charge in [0.05, 0.1) is 20.3 Å². The van der Waals surface area contributed by atoms with Gasteiger partial charge in [0.2, 0.25) is 0 Å². The third-order valence-electron chi connectivity index (χ3n) is 3.57. The van der Waals surface area contributed by atoms with Gasteiger partial charge in [0.1, 0.15) is 17.3 Å². The summed E-state index contributed by atoms with van der Waals surface area (Å²) in [5, 5.41) is 12.8. The summed E-state index contributed by atoms with van der Waals surface area (Å²) in [6, 6.07) is 10.5. The first-order chi connectivity index (χ1) is 11.5. The monoisotopic (exact) mass is 333 g/mol. The van der Waals surface area contributed by atoms with Crippen LogP contribution < -0.4 is 14.8 Å². The number of hydrogen-bond donors (Lipinski definition) is 2. The number of nitrogens with one attached hydrogen (secondary N) is 1. The molecule has 2 aromatic carbocycles. The van der Waals surface area contributed by atoms with Crippen LogP contribution in [0.4, 0.5) is 4.39 Å². The lowest BCUT2D eigenvalue weighted by Crippen LogP contribution is -2.25. The summed E-state index contributed by atoms with van der Waals surface area (Å²) in [4.78, 5) is 12.2. The Hall–Kier alpha value is -2.60. The number of benzene rings is 2. The molecule has 2 aromatic rings. The summed E-state index contributed by atoms with van der Waals surface area (Å²) < 4.78 is 23.1. The van der Waals surface area contributed by atoms with Gasteiger partial charge in [-0.3, -0.25) is 4.79 Å². The van der Waals surface area contributed by atoms with Gasteiger partial charge < -0.3 is 19.9 Å². The normalized spacial score (nSPS) is 11.7. The van der Waals surface area contributed by atoms with Crippen molar-refractivity contribution < 1.29 is 23.8 Å². The molecule has 1 unspecified atom stereocenters. The lowest BCUT2D eigenvalue weighted by Gasteiger charge is -2.12. The highest BCUT2D eigenvalue weighted by Gasteiger charge is 2.12. The molecule has 2 rings (SSSR count). The summed E-state index contributed by atoms with van der Waals surface area (Å²) in [6.45, 7) is 0.275. The molecule has 0 bridgehead atoms. The van der Waals surface area contributed by atoms with Gasteiger partial charge in [-0.1, -0.05) is 12.1 Å². The Labute approximate surface area is 140 Å². The number of ether oxygens (including phenoxy) is 2. The molecule has 1 atom stereocenters. The Balaban J connectivity index is 1.92. The van der Waals surface area contributed by atoms with Crippen molar-refractivity contribution in [3.63, 3.8) is 0 Å². The second kappa shape index (κ2) is 8.31. The SMILES string of the molecule is COc1cc(OC)cc(C(=O)NCCC(O)c2ccc(F)cc2)c1. The molecule has 0 heterocycles. The topological polar surface area (TPSA) is 67.8 Å². The van der Waals surface area contributed by atoms with Gasteiger partial charge in [-0.05, 0) is 36.2 Å². The van der Waals surface area contributed by atoms with E-state index >= 15 is 0 Å². The van der Waals surface area contributed by atoms with Crippen LogP contribution in [0, 0.1) is 5.82 Å². The molecular weight excluding hydrogens is 313 g/mol. The largest absolute Gasteiger partial charge is 0.497 e. The molecule has 5 nitrogen and oxygen atoms in total. The third kappa shape index (κ3) is 4.70. The predicted octanol–water partition coefficient (Wildman–Crippen LogP) is 2.70. The average Bonchev–Trinajstić information content (AvgIpc) is 2.61. The van der Waals surface area contributed by atoms with Crippen LogP contribution >= 0.6 is 0 Å². The third-order valence-corrected chi connectivity index (χ3v) is 3.57. The van der Waals surface area contributed by atoms with Crippen molar-refractivity contribution >= 4 is 5.91 Å². The van der Waals surface area contributed by atoms with E-state index in [0.717, 1.165) is 0 Å². The van der Waals surface area contributed by atoms with Crippen molar-refractivity contribution in [1.29, 1.82) is 0 Å². The van der Waals surface area contributed by atoms with Gasteiger partial charge in [-0.2, -0.15) is 0 Å². The summed E-state index contributed by atoms with van der Waals surface area (Å²) in [7, 11) is 3.02. The summed E-state index contributed by atoms with van der Waals surface area (Å²) >= 11 is 0. The van der Waals surface area contributed by atoms with E-state index in [1.165, 1.54) is 38.5 Å². The van der Waals surface area contributed by atoms with E-state index in [2.05, 4.69) is 5.32 Å². The first-order valence-corrected chi connectivity index (χ1v) is 7.48. The molecule has 0 radical (unpaired) electrons. The first-order valence-electron chi connectivity index (χ1n) is 7.48. The minimum absolute atomic E-state index is 0.275. The van der Waals surface area contributed by atoms with Crippen LogP contribution in [0.25, 0.3) is 0 Å². The quantitative estimate of drug-likeness (QED) is 0.817. The molecule has 0 spiro atoms. The molecule has 0 aliphatic heterocycles.